The number of aromatic nitrogens is 2. The molecule has 0 spiro atoms. The topological polar surface area (TPSA) is 44.1 Å². The van der Waals surface area contributed by atoms with Gasteiger partial charge in [0.2, 0.25) is 0 Å². The Hall–Kier alpha value is -2.05. The van der Waals surface area contributed by atoms with E-state index >= 15 is 0 Å². The molecule has 0 N–H and O–H groups in total. The van der Waals surface area contributed by atoms with Gasteiger partial charge in [-0.3, -0.25) is 9.36 Å². The number of thiophene rings is 1. The second-order valence-corrected chi connectivity index (χ2v) is 6.90. The summed E-state index contributed by atoms with van der Waals surface area (Å²) in [7, 11) is 1.60. The molecule has 0 aliphatic rings. The second-order valence-electron chi connectivity index (χ2n) is 6.05. The van der Waals surface area contributed by atoms with Gasteiger partial charge in [-0.25, -0.2) is 9.37 Å². The van der Waals surface area contributed by atoms with Crippen molar-refractivity contribution in [1.29, 1.82) is 0 Å². The van der Waals surface area contributed by atoms with Gasteiger partial charge in [-0.2, -0.15) is 0 Å². The Labute approximate surface area is 149 Å². The van der Waals surface area contributed by atoms with Crippen LogP contribution >= 0.6 is 11.3 Å². The molecule has 3 rings (SSSR count). The molecule has 0 atom stereocenters. The first-order valence-corrected chi connectivity index (χ1v) is 9.08. The standard InChI is InChI=1S/C19H21FN2O2S/c1-12-4-5-14(10-13(12)2)15-11-25-18-17(15)19(23)22(8-7-20)16(21-18)6-9-24-3/h4-5,10-11H,6-9H2,1-3H3. The first kappa shape index (κ1) is 17.8. The van der Waals surface area contributed by atoms with Crippen molar-refractivity contribution in [2.24, 2.45) is 0 Å². The molecule has 0 aliphatic heterocycles. The molecule has 0 fully saturated rings. The number of hydrogen-bond acceptors (Lipinski definition) is 4. The van der Waals surface area contributed by atoms with Crippen molar-refractivity contribution in [3.63, 3.8) is 0 Å². The fourth-order valence-corrected chi connectivity index (χ4v) is 3.84. The number of hydrogen-bond donors (Lipinski definition) is 0. The van der Waals surface area contributed by atoms with E-state index in [9.17, 15) is 9.18 Å². The Morgan fingerprint density at radius 3 is 2.76 bits per heavy atom. The van der Waals surface area contributed by atoms with E-state index in [4.69, 9.17) is 4.74 Å². The third-order valence-electron chi connectivity index (χ3n) is 4.43. The summed E-state index contributed by atoms with van der Waals surface area (Å²) in [5, 5.41) is 2.53. The van der Waals surface area contributed by atoms with E-state index < -0.39 is 6.67 Å². The lowest BCUT2D eigenvalue weighted by Crippen LogP contribution is -2.26. The lowest BCUT2D eigenvalue weighted by Gasteiger charge is -2.11. The Morgan fingerprint density at radius 1 is 1.28 bits per heavy atom. The van der Waals surface area contributed by atoms with Crippen LogP contribution in [0.1, 0.15) is 17.0 Å². The van der Waals surface area contributed by atoms with Crippen LogP contribution in [0.3, 0.4) is 0 Å². The Kier molecular flexibility index (Phi) is 5.30. The van der Waals surface area contributed by atoms with Gasteiger partial charge in [0.1, 0.15) is 17.3 Å². The van der Waals surface area contributed by atoms with Crippen LogP contribution in [0.25, 0.3) is 21.3 Å². The number of nitrogens with zero attached hydrogens (tertiary/aromatic N) is 2. The second kappa shape index (κ2) is 7.45. The number of alkyl halides is 1. The van der Waals surface area contributed by atoms with Gasteiger partial charge in [0.05, 0.1) is 18.5 Å². The summed E-state index contributed by atoms with van der Waals surface area (Å²) >= 11 is 1.45. The van der Waals surface area contributed by atoms with Crippen LogP contribution in [-0.2, 0) is 17.7 Å². The third kappa shape index (κ3) is 3.37. The molecule has 1 aromatic carbocycles. The van der Waals surface area contributed by atoms with E-state index in [1.54, 1.807) is 7.11 Å². The summed E-state index contributed by atoms with van der Waals surface area (Å²) in [4.78, 5) is 18.3. The van der Waals surface area contributed by atoms with Gasteiger partial charge < -0.3 is 4.74 Å². The quantitative estimate of drug-likeness (QED) is 0.670. The van der Waals surface area contributed by atoms with Crippen LogP contribution < -0.4 is 5.56 Å². The Bertz CT molecular complexity index is 962. The van der Waals surface area contributed by atoms with Crippen molar-refractivity contribution in [3.05, 3.63) is 50.9 Å². The van der Waals surface area contributed by atoms with Crippen LogP contribution in [0, 0.1) is 13.8 Å². The highest BCUT2D eigenvalue weighted by Crippen LogP contribution is 2.32. The van der Waals surface area contributed by atoms with Crippen molar-refractivity contribution in [2.75, 3.05) is 20.4 Å². The van der Waals surface area contributed by atoms with Crippen LogP contribution in [0.4, 0.5) is 4.39 Å². The minimum Gasteiger partial charge on any atom is -0.384 e. The van der Waals surface area contributed by atoms with Gasteiger partial charge in [-0.15, -0.1) is 11.3 Å². The molecular weight excluding hydrogens is 339 g/mol. The third-order valence-corrected chi connectivity index (χ3v) is 5.30. The van der Waals surface area contributed by atoms with E-state index in [0.29, 0.717) is 29.1 Å². The van der Waals surface area contributed by atoms with E-state index in [0.717, 1.165) is 11.1 Å². The van der Waals surface area contributed by atoms with Crippen LogP contribution in [-0.4, -0.2) is 29.9 Å². The highest BCUT2D eigenvalue weighted by Gasteiger charge is 2.17. The fraction of sp³-hybridized carbons (Fsp3) is 0.368. The van der Waals surface area contributed by atoms with E-state index in [-0.39, 0.29) is 12.1 Å². The van der Waals surface area contributed by atoms with Crippen LogP contribution in [0.15, 0.2) is 28.4 Å². The molecule has 25 heavy (non-hydrogen) atoms. The largest absolute Gasteiger partial charge is 0.384 e. The zero-order chi connectivity index (χ0) is 18.0. The molecule has 0 saturated carbocycles. The highest BCUT2D eigenvalue weighted by molar-refractivity contribution is 7.17. The molecule has 3 aromatic rings. The van der Waals surface area contributed by atoms with Crippen LogP contribution in [0.5, 0.6) is 0 Å². The molecule has 2 heterocycles. The predicted octanol–water partition coefficient (Wildman–Crippen LogP) is 3.90. The van der Waals surface area contributed by atoms with Crippen LogP contribution in [0.2, 0.25) is 0 Å². The number of rotatable bonds is 6. The molecule has 6 heteroatoms. The first-order chi connectivity index (χ1) is 12.1. The number of benzene rings is 1. The number of ether oxygens (including phenoxy) is 1. The van der Waals surface area contributed by atoms with Gasteiger partial charge in [0, 0.05) is 24.5 Å². The minimum atomic E-state index is -0.601. The predicted molar refractivity (Wildman–Crippen MR) is 100 cm³/mol. The van der Waals surface area contributed by atoms with Gasteiger partial charge in [0.15, 0.2) is 0 Å². The molecule has 0 saturated heterocycles. The van der Waals surface area contributed by atoms with E-state index in [1.807, 2.05) is 11.4 Å². The molecule has 2 aromatic heterocycles. The van der Waals surface area contributed by atoms with E-state index in [2.05, 4.69) is 31.0 Å². The first-order valence-electron chi connectivity index (χ1n) is 8.20. The molecule has 0 aliphatic carbocycles. The Morgan fingerprint density at radius 2 is 2.08 bits per heavy atom. The van der Waals surface area contributed by atoms with E-state index in [1.165, 1.54) is 27.0 Å². The van der Waals surface area contributed by atoms with Gasteiger partial charge in [-0.1, -0.05) is 18.2 Å². The van der Waals surface area contributed by atoms with Gasteiger partial charge >= 0.3 is 0 Å². The zero-order valence-corrected chi connectivity index (χ0v) is 15.5. The molecule has 0 unspecified atom stereocenters. The maximum absolute atomic E-state index is 13.0. The maximum Gasteiger partial charge on any atom is 0.262 e. The smallest absolute Gasteiger partial charge is 0.262 e. The fourth-order valence-electron chi connectivity index (χ4n) is 2.89. The average molecular weight is 360 g/mol. The zero-order valence-electron chi connectivity index (χ0n) is 14.6. The summed E-state index contributed by atoms with van der Waals surface area (Å²) in [5.41, 5.74) is 4.06. The molecular formula is C19H21FN2O2S. The highest BCUT2D eigenvalue weighted by atomic mass is 32.1. The lowest BCUT2D eigenvalue weighted by atomic mass is 10.0. The summed E-state index contributed by atoms with van der Waals surface area (Å²) in [6.07, 6.45) is 0.485. The monoisotopic (exact) mass is 360 g/mol. The van der Waals surface area contributed by atoms with Crippen molar-refractivity contribution >= 4 is 21.6 Å². The summed E-state index contributed by atoms with van der Waals surface area (Å²) in [5.74, 6) is 0.575. The normalized spacial score (nSPS) is 11.4. The maximum atomic E-state index is 13.0. The minimum absolute atomic E-state index is 0.0169. The SMILES string of the molecule is COCCc1nc2scc(-c3ccc(C)c(C)c3)c2c(=O)n1CCF. The van der Waals surface area contributed by atoms with Gasteiger partial charge in [0.25, 0.3) is 5.56 Å². The molecule has 0 bridgehead atoms. The average Bonchev–Trinajstić information content (AvgIpc) is 3.02. The van der Waals surface area contributed by atoms with Gasteiger partial charge in [-0.05, 0) is 30.5 Å². The molecule has 0 amide bonds. The van der Waals surface area contributed by atoms with Crippen molar-refractivity contribution in [3.8, 4) is 11.1 Å². The number of fused-ring (bicyclic) bond motifs is 1. The summed E-state index contributed by atoms with van der Waals surface area (Å²) < 4.78 is 19.5. The van der Waals surface area contributed by atoms with Crippen molar-refractivity contribution in [2.45, 2.75) is 26.8 Å². The summed E-state index contributed by atoms with van der Waals surface area (Å²) in [6.45, 7) is 3.97. The van der Waals surface area contributed by atoms with Crippen molar-refractivity contribution < 1.29 is 9.13 Å². The number of halogens is 1. The Balaban J connectivity index is 2.21. The van der Waals surface area contributed by atoms with Crippen molar-refractivity contribution in [1.82, 2.24) is 9.55 Å². The number of aryl methyl sites for hydroxylation is 2. The molecule has 4 nitrogen and oxygen atoms in total. The lowest BCUT2D eigenvalue weighted by molar-refractivity contribution is 0.199. The molecule has 0 radical (unpaired) electrons. The molecule has 132 valence electrons. The number of methoxy groups -OCH3 is 1. The summed E-state index contributed by atoms with van der Waals surface area (Å²) in [6, 6.07) is 6.14.